The maximum Gasteiger partial charge on any atom is 0.387 e. The molecular weight excluding hydrogens is 130 g/mol. The van der Waals surface area contributed by atoms with Gasteiger partial charge in [0.15, 0.2) is 0 Å². The number of rotatable bonds is 3. The third kappa shape index (κ3) is 3.90. The van der Waals surface area contributed by atoms with Crippen molar-refractivity contribution in [3.05, 3.63) is 11.4 Å². The van der Waals surface area contributed by atoms with Crippen molar-refractivity contribution in [3.8, 4) is 0 Å². The molecule has 0 aliphatic rings. The quantitative estimate of drug-likeness (QED) is 0.437. The van der Waals surface area contributed by atoms with Crippen molar-refractivity contribution in [2.45, 2.75) is 26.4 Å². The zero-order chi connectivity index (χ0) is 7.98. The molecule has 0 aromatic rings. The second-order valence-corrected chi connectivity index (χ2v) is 2.02. The first kappa shape index (κ1) is 8.96. The molecule has 0 rings (SSSR count). The van der Waals surface area contributed by atoms with Crippen LogP contribution in [0.4, 0.5) is 0 Å². The number of nitrogens with zero attached hydrogens (tertiary/aromatic N) is 1. The Labute approximate surface area is 60.8 Å². The van der Waals surface area contributed by atoms with Gasteiger partial charge in [-0.05, 0) is 13.3 Å². The average Bonchev–Trinajstić information content (AvgIpc) is 1.88. The Hall–Kier alpha value is -1.04. The molecule has 0 heterocycles. The van der Waals surface area contributed by atoms with Crippen LogP contribution in [0.2, 0.25) is 0 Å². The van der Waals surface area contributed by atoms with Crippen LogP contribution in [0.15, 0.2) is 0 Å². The molecule has 0 aliphatic heterocycles. The molecule has 0 fully saturated rings. The summed E-state index contributed by atoms with van der Waals surface area (Å²) in [6, 6.07) is 0. The molecule has 1 unspecified atom stereocenters. The Balaban J connectivity index is 3.49. The van der Waals surface area contributed by atoms with E-state index in [1.165, 1.54) is 0 Å². The highest BCUT2D eigenvalue weighted by molar-refractivity contribution is 5.73. The van der Waals surface area contributed by atoms with Crippen LogP contribution < -0.4 is 0 Å². The van der Waals surface area contributed by atoms with E-state index in [9.17, 15) is 4.79 Å². The molecule has 10 heavy (non-hydrogen) atoms. The molecule has 0 N–H and O–H groups in total. The van der Waals surface area contributed by atoms with Crippen LogP contribution in [0.25, 0.3) is 4.85 Å². The number of carbonyl (C=O) groups excluding carboxylic acids is 1. The number of hydrogen-bond acceptors (Lipinski definition) is 2. The Morgan fingerprint density at radius 3 is 2.80 bits per heavy atom. The largest absolute Gasteiger partial charge is 0.457 e. The van der Waals surface area contributed by atoms with Crippen LogP contribution in [-0.4, -0.2) is 18.6 Å². The van der Waals surface area contributed by atoms with E-state index in [1.54, 1.807) is 0 Å². The topological polar surface area (TPSA) is 30.7 Å². The fourth-order valence-corrected chi connectivity index (χ4v) is 0.410. The molecule has 3 heteroatoms. The van der Waals surface area contributed by atoms with Gasteiger partial charge in [-0.25, -0.2) is 11.4 Å². The molecule has 0 aromatic carbocycles. The number of ether oxygens (including phenoxy) is 1. The molecule has 0 saturated heterocycles. The third-order valence-electron chi connectivity index (χ3n) is 1.12. The second-order valence-electron chi connectivity index (χ2n) is 2.02. The van der Waals surface area contributed by atoms with Gasteiger partial charge in [0.1, 0.15) is 0 Å². The molecule has 0 saturated carbocycles. The monoisotopic (exact) mass is 141 g/mol. The summed E-state index contributed by atoms with van der Waals surface area (Å²) in [7, 11) is 0. The summed E-state index contributed by atoms with van der Waals surface area (Å²) in [5.74, 6) is -0.427. The summed E-state index contributed by atoms with van der Waals surface area (Å²) in [5, 5.41) is 0. The predicted octanol–water partition coefficient (Wildman–Crippen LogP) is 1.25. The minimum absolute atomic E-state index is 0.0609. The second kappa shape index (κ2) is 4.80. The van der Waals surface area contributed by atoms with E-state index in [0.29, 0.717) is 0 Å². The fourth-order valence-electron chi connectivity index (χ4n) is 0.410. The van der Waals surface area contributed by atoms with Gasteiger partial charge in [0, 0.05) is 0 Å². The maximum absolute atomic E-state index is 10.6. The lowest BCUT2D eigenvalue weighted by molar-refractivity contribution is -0.145. The van der Waals surface area contributed by atoms with Gasteiger partial charge in [0.25, 0.3) is 0 Å². The summed E-state index contributed by atoms with van der Waals surface area (Å²) >= 11 is 0. The molecular formula is C7H11NO2. The molecule has 0 bridgehead atoms. The minimum Gasteiger partial charge on any atom is -0.457 e. The van der Waals surface area contributed by atoms with Crippen LogP contribution in [0.3, 0.4) is 0 Å². The highest BCUT2D eigenvalue weighted by atomic mass is 16.5. The molecule has 3 nitrogen and oxygen atoms in total. The SMILES string of the molecule is [C-]#[N+]CC(=O)OC(C)CC. The molecule has 0 radical (unpaired) electrons. The van der Waals surface area contributed by atoms with Gasteiger partial charge in [-0.15, -0.1) is 0 Å². The van der Waals surface area contributed by atoms with Gasteiger partial charge >= 0.3 is 12.5 Å². The van der Waals surface area contributed by atoms with E-state index in [1.807, 2.05) is 13.8 Å². The number of carbonyl (C=O) groups is 1. The summed E-state index contributed by atoms with van der Waals surface area (Å²) in [4.78, 5) is 13.5. The van der Waals surface area contributed by atoms with E-state index in [0.717, 1.165) is 6.42 Å². The Bertz CT molecular complexity index is 148. The molecule has 1 atom stereocenters. The van der Waals surface area contributed by atoms with E-state index < -0.39 is 5.97 Å². The Morgan fingerprint density at radius 2 is 2.40 bits per heavy atom. The summed E-state index contributed by atoms with van der Waals surface area (Å²) < 4.78 is 4.79. The zero-order valence-corrected chi connectivity index (χ0v) is 6.26. The van der Waals surface area contributed by atoms with Crippen molar-refractivity contribution in [2.75, 3.05) is 6.54 Å². The molecule has 0 aromatic heterocycles. The highest BCUT2D eigenvalue weighted by Gasteiger charge is 2.08. The predicted molar refractivity (Wildman–Crippen MR) is 37.3 cm³/mol. The van der Waals surface area contributed by atoms with Crippen molar-refractivity contribution in [1.29, 1.82) is 0 Å². The van der Waals surface area contributed by atoms with Gasteiger partial charge in [-0.2, -0.15) is 0 Å². The molecule has 56 valence electrons. The third-order valence-corrected chi connectivity index (χ3v) is 1.12. The van der Waals surface area contributed by atoms with E-state index in [4.69, 9.17) is 11.3 Å². The first-order valence-electron chi connectivity index (χ1n) is 3.23. The van der Waals surface area contributed by atoms with Crippen molar-refractivity contribution in [1.82, 2.24) is 0 Å². The number of esters is 1. The van der Waals surface area contributed by atoms with Crippen molar-refractivity contribution in [2.24, 2.45) is 0 Å². The molecule has 0 spiro atoms. The van der Waals surface area contributed by atoms with Crippen LogP contribution in [0, 0.1) is 6.57 Å². The van der Waals surface area contributed by atoms with Crippen molar-refractivity contribution in [3.63, 3.8) is 0 Å². The van der Waals surface area contributed by atoms with Crippen LogP contribution in [-0.2, 0) is 9.53 Å². The van der Waals surface area contributed by atoms with Gasteiger partial charge in [0.2, 0.25) is 0 Å². The lowest BCUT2D eigenvalue weighted by Gasteiger charge is -2.06. The highest BCUT2D eigenvalue weighted by Crippen LogP contribution is 1.95. The summed E-state index contributed by atoms with van der Waals surface area (Å²) in [6.07, 6.45) is 0.734. The first-order chi connectivity index (χ1) is 4.70. The smallest absolute Gasteiger partial charge is 0.387 e. The maximum atomic E-state index is 10.6. The first-order valence-corrected chi connectivity index (χ1v) is 3.23. The minimum atomic E-state index is -0.427. The number of hydrogen-bond donors (Lipinski definition) is 0. The van der Waals surface area contributed by atoms with Crippen LogP contribution in [0.5, 0.6) is 0 Å². The van der Waals surface area contributed by atoms with Crippen molar-refractivity contribution < 1.29 is 9.53 Å². The van der Waals surface area contributed by atoms with Gasteiger partial charge in [0.05, 0.1) is 6.10 Å². The normalized spacial score (nSPS) is 11.7. The fraction of sp³-hybridized carbons (Fsp3) is 0.714. The standard InChI is InChI=1S/C7H11NO2/c1-4-6(2)10-7(9)5-8-3/h6H,4-5H2,1-2H3. The lowest BCUT2D eigenvalue weighted by Crippen LogP contribution is -2.15. The van der Waals surface area contributed by atoms with Gasteiger partial charge in [-0.3, -0.25) is 0 Å². The van der Waals surface area contributed by atoms with E-state index in [2.05, 4.69) is 4.85 Å². The summed E-state index contributed by atoms with van der Waals surface area (Å²) in [6.45, 7) is 9.93. The average molecular weight is 141 g/mol. The summed E-state index contributed by atoms with van der Waals surface area (Å²) in [5.41, 5.74) is 0. The van der Waals surface area contributed by atoms with Crippen LogP contribution in [0.1, 0.15) is 20.3 Å². The van der Waals surface area contributed by atoms with Gasteiger partial charge < -0.3 is 9.58 Å². The van der Waals surface area contributed by atoms with Crippen LogP contribution >= 0.6 is 0 Å². The Kier molecular flexibility index (Phi) is 4.30. The van der Waals surface area contributed by atoms with Crippen molar-refractivity contribution >= 4 is 5.97 Å². The Morgan fingerprint density at radius 1 is 1.80 bits per heavy atom. The van der Waals surface area contributed by atoms with E-state index in [-0.39, 0.29) is 12.6 Å². The zero-order valence-electron chi connectivity index (χ0n) is 6.26. The molecule has 0 aliphatic carbocycles. The van der Waals surface area contributed by atoms with E-state index >= 15 is 0 Å². The lowest BCUT2D eigenvalue weighted by atomic mass is 10.3. The van der Waals surface area contributed by atoms with Gasteiger partial charge in [-0.1, -0.05) is 6.92 Å². The molecule has 0 amide bonds.